The van der Waals surface area contributed by atoms with Gasteiger partial charge in [-0.05, 0) is 78.1 Å². The predicted octanol–water partition coefficient (Wildman–Crippen LogP) is 7.42. The SMILES string of the molecule is Cc1ccc(/C=C(\NC(=O)c2ccccc2)C(=O)Nc2ccc(C(=O)/C=C/c3ccc(C(C)C)cc3)cc2)cc1. The van der Waals surface area contributed by atoms with Crippen molar-refractivity contribution >= 4 is 35.4 Å². The van der Waals surface area contributed by atoms with Gasteiger partial charge in [0.2, 0.25) is 0 Å². The molecular weight excluding hydrogens is 496 g/mol. The minimum Gasteiger partial charge on any atom is -0.321 e. The van der Waals surface area contributed by atoms with Crippen molar-refractivity contribution < 1.29 is 14.4 Å². The zero-order valence-corrected chi connectivity index (χ0v) is 22.8. The van der Waals surface area contributed by atoms with E-state index < -0.39 is 5.91 Å². The predicted molar refractivity (Wildman–Crippen MR) is 162 cm³/mol. The average molecular weight is 529 g/mol. The molecule has 4 aromatic carbocycles. The monoisotopic (exact) mass is 528 g/mol. The van der Waals surface area contributed by atoms with Crippen molar-refractivity contribution in [2.24, 2.45) is 0 Å². The van der Waals surface area contributed by atoms with Gasteiger partial charge in [0.05, 0.1) is 0 Å². The van der Waals surface area contributed by atoms with E-state index in [4.69, 9.17) is 0 Å². The van der Waals surface area contributed by atoms with Crippen molar-refractivity contribution in [3.05, 3.63) is 148 Å². The fourth-order valence-corrected chi connectivity index (χ4v) is 3.95. The molecule has 200 valence electrons. The first-order chi connectivity index (χ1) is 19.3. The smallest absolute Gasteiger partial charge is 0.272 e. The molecule has 0 aromatic heterocycles. The molecule has 0 bridgehead atoms. The second-order valence-corrected chi connectivity index (χ2v) is 9.84. The maximum atomic E-state index is 13.2. The topological polar surface area (TPSA) is 75.3 Å². The summed E-state index contributed by atoms with van der Waals surface area (Å²) in [6, 6.07) is 31.1. The van der Waals surface area contributed by atoms with Crippen LogP contribution in [0.15, 0.2) is 115 Å². The van der Waals surface area contributed by atoms with Crippen molar-refractivity contribution in [1.29, 1.82) is 0 Å². The number of anilines is 1. The first kappa shape index (κ1) is 28.0. The quantitative estimate of drug-likeness (QED) is 0.175. The Morgan fingerprint density at radius 3 is 1.95 bits per heavy atom. The fraction of sp³-hybridized carbons (Fsp3) is 0.114. The van der Waals surface area contributed by atoms with Crippen molar-refractivity contribution in [2.45, 2.75) is 26.7 Å². The third-order valence-corrected chi connectivity index (χ3v) is 6.37. The minimum absolute atomic E-state index is 0.101. The van der Waals surface area contributed by atoms with Crippen LogP contribution < -0.4 is 10.6 Å². The first-order valence-corrected chi connectivity index (χ1v) is 13.2. The zero-order valence-electron chi connectivity index (χ0n) is 22.8. The van der Waals surface area contributed by atoms with Crippen LogP contribution in [0.5, 0.6) is 0 Å². The van der Waals surface area contributed by atoms with E-state index in [9.17, 15) is 14.4 Å². The molecule has 0 fully saturated rings. The van der Waals surface area contributed by atoms with Crippen LogP contribution >= 0.6 is 0 Å². The van der Waals surface area contributed by atoms with E-state index in [-0.39, 0.29) is 17.4 Å². The molecule has 0 radical (unpaired) electrons. The van der Waals surface area contributed by atoms with Crippen LogP contribution in [0, 0.1) is 6.92 Å². The van der Waals surface area contributed by atoms with E-state index >= 15 is 0 Å². The number of amides is 2. The van der Waals surface area contributed by atoms with Gasteiger partial charge in [-0.1, -0.05) is 92.2 Å². The zero-order chi connectivity index (χ0) is 28.5. The number of carbonyl (C=O) groups excluding carboxylic acids is 3. The highest BCUT2D eigenvalue weighted by molar-refractivity contribution is 6.11. The second-order valence-electron chi connectivity index (χ2n) is 9.84. The number of benzene rings is 4. The summed E-state index contributed by atoms with van der Waals surface area (Å²) in [5.74, 6) is -0.553. The summed E-state index contributed by atoms with van der Waals surface area (Å²) in [5.41, 5.74) is 5.60. The Bertz CT molecular complexity index is 1530. The van der Waals surface area contributed by atoms with Crippen LogP contribution in [0.2, 0.25) is 0 Å². The summed E-state index contributed by atoms with van der Waals surface area (Å²) in [7, 11) is 0. The number of hydrogen-bond acceptors (Lipinski definition) is 3. The van der Waals surface area contributed by atoms with E-state index in [1.54, 1.807) is 66.8 Å². The van der Waals surface area contributed by atoms with Gasteiger partial charge in [-0.2, -0.15) is 0 Å². The molecule has 0 aliphatic carbocycles. The van der Waals surface area contributed by atoms with E-state index in [1.165, 1.54) is 5.56 Å². The van der Waals surface area contributed by atoms with Gasteiger partial charge in [-0.3, -0.25) is 14.4 Å². The van der Waals surface area contributed by atoms with Gasteiger partial charge in [-0.25, -0.2) is 0 Å². The molecular formula is C35H32N2O3. The number of allylic oxidation sites excluding steroid dienone is 1. The molecule has 0 spiro atoms. The summed E-state index contributed by atoms with van der Waals surface area (Å²) in [5, 5.41) is 5.55. The lowest BCUT2D eigenvalue weighted by atomic mass is 10.0. The van der Waals surface area contributed by atoms with E-state index in [0.717, 1.165) is 16.7 Å². The molecule has 0 heterocycles. The molecule has 0 saturated heterocycles. The fourth-order valence-electron chi connectivity index (χ4n) is 3.95. The molecule has 0 atom stereocenters. The largest absolute Gasteiger partial charge is 0.321 e. The van der Waals surface area contributed by atoms with Gasteiger partial charge in [0.1, 0.15) is 5.70 Å². The lowest BCUT2D eigenvalue weighted by Crippen LogP contribution is -2.30. The molecule has 4 aromatic rings. The number of hydrogen-bond donors (Lipinski definition) is 2. The van der Waals surface area contributed by atoms with Gasteiger partial charge in [0.25, 0.3) is 11.8 Å². The molecule has 0 saturated carbocycles. The van der Waals surface area contributed by atoms with E-state index in [0.29, 0.717) is 22.7 Å². The second kappa shape index (κ2) is 13.2. The standard InChI is InChI=1S/C35H32N2O3/c1-24(2)28-16-13-26(14-17-28)15-22-33(38)29-18-20-31(21-19-29)36-35(40)32(23-27-11-9-25(3)10-12-27)37-34(39)30-7-5-4-6-8-30/h4-24H,1-3H3,(H,36,40)(H,37,39)/b22-15+,32-23-. The van der Waals surface area contributed by atoms with Gasteiger partial charge >= 0.3 is 0 Å². The molecule has 40 heavy (non-hydrogen) atoms. The molecule has 2 N–H and O–H groups in total. The Morgan fingerprint density at radius 1 is 0.700 bits per heavy atom. The molecule has 0 aliphatic rings. The third-order valence-electron chi connectivity index (χ3n) is 6.37. The van der Waals surface area contributed by atoms with Gasteiger partial charge < -0.3 is 10.6 Å². The van der Waals surface area contributed by atoms with Crippen LogP contribution in [0.1, 0.15) is 62.7 Å². The van der Waals surface area contributed by atoms with Crippen molar-refractivity contribution in [3.8, 4) is 0 Å². The highest BCUT2D eigenvalue weighted by atomic mass is 16.2. The minimum atomic E-state index is -0.478. The number of rotatable bonds is 9. The Labute approximate surface area is 235 Å². The van der Waals surface area contributed by atoms with Crippen molar-refractivity contribution in [1.82, 2.24) is 5.32 Å². The van der Waals surface area contributed by atoms with E-state index in [1.807, 2.05) is 49.4 Å². The van der Waals surface area contributed by atoms with Crippen LogP contribution in [-0.2, 0) is 4.79 Å². The molecule has 5 nitrogen and oxygen atoms in total. The van der Waals surface area contributed by atoms with Gasteiger partial charge in [0.15, 0.2) is 5.78 Å². The summed E-state index contributed by atoms with van der Waals surface area (Å²) in [4.78, 5) is 38.7. The highest BCUT2D eigenvalue weighted by Gasteiger charge is 2.15. The maximum absolute atomic E-state index is 13.2. The lowest BCUT2D eigenvalue weighted by molar-refractivity contribution is -0.113. The summed E-state index contributed by atoms with van der Waals surface area (Å²) in [6.45, 7) is 6.26. The van der Waals surface area contributed by atoms with Crippen LogP contribution in [0.25, 0.3) is 12.2 Å². The summed E-state index contributed by atoms with van der Waals surface area (Å²) >= 11 is 0. The normalized spacial score (nSPS) is 11.4. The molecule has 5 heteroatoms. The van der Waals surface area contributed by atoms with Gasteiger partial charge in [0, 0.05) is 16.8 Å². The number of ketones is 1. The summed E-state index contributed by atoms with van der Waals surface area (Å²) < 4.78 is 0. The Morgan fingerprint density at radius 2 is 1.32 bits per heavy atom. The number of carbonyl (C=O) groups is 3. The molecule has 2 amide bonds. The molecule has 0 unspecified atom stereocenters. The highest BCUT2D eigenvalue weighted by Crippen LogP contribution is 2.17. The van der Waals surface area contributed by atoms with Crippen molar-refractivity contribution in [3.63, 3.8) is 0 Å². The Kier molecular flexibility index (Phi) is 9.21. The number of nitrogens with one attached hydrogen (secondary N) is 2. The van der Waals surface area contributed by atoms with Crippen molar-refractivity contribution in [2.75, 3.05) is 5.32 Å². The lowest BCUT2D eigenvalue weighted by Gasteiger charge is -2.12. The number of aryl methyl sites for hydroxylation is 1. The third kappa shape index (κ3) is 7.74. The van der Waals surface area contributed by atoms with Crippen LogP contribution in [0.4, 0.5) is 5.69 Å². The maximum Gasteiger partial charge on any atom is 0.272 e. The Hall–Kier alpha value is -5.03. The van der Waals surface area contributed by atoms with E-state index in [2.05, 4.69) is 36.6 Å². The summed E-state index contributed by atoms with van der Waals surface area (Å²) in [6.07, 6.45) is 4.96. The van der Waals surface area contributed by atoms with Crippen LogP contribution in [0.3, 0.4) is 0 Å². The first-order valence-electron chi connectivity index (χ1n) is 13.2. The molecule has 0 aliphatic heterocycles. The molecule has 4 rings (SSSR count). The van der Waals surface area contributed by atoms with Crippen LogP contribution in [-0.4, -0.2) is 17.6 Å². The Balaban J connectivity index is 1.46. The van der Waals surface area contributed by atoms with Gasteiger partial charge in [-0.15, -0.1) is 0 Å². The average Bonchev–Trinajstić information content (AvgIpc) is 2.97.